The molecule has 0 bridgehead atoms. The number of nitrogens with zero attached hydrogens (tertiary/aromatic N) is 1. The fraction of sp³-hybridized carbons (Fsp3) is 0.118. The van der Waals surface area contributed by atoms with Gasteiger partial charge in [-0.3, -0.25) is 0 Å². The lowest BCUT2D eigenvalue weighted by atomic mass is 10.0. The maximum absolute atomic E-state index is 13.3. The lowest BCUT2D eigenvalue weighted by Crippen LogP contribution is -2.16. The smallest absolute Gasteiger partial charge is 0.406 e. The topological polar surface area (TPSA) is 42.2 Å². The molecule has 1 N–H and O–H groups in total. The van der Waals surface area contributed by atoms with Gasteiger partial charge in [0.1, 0.15) is 12.4 Å². The van der Waals surface area contributed by atoms with Crippen LogP contribution in [0.1, 0.15) is 10.4 Å². The van der Waals surface area contributed by atoms with Crippen molar-refractivity contribution in [3.63, 3.8) is 0 Å². The van der Waals surface area contributed by atoms with Crippen molar-refractivity contribution in [3.8, 4) is 11.1 Å². The zero-order valence-corrected chi connectivity index (χ0v) is 12.1. The van der Waals surface area contributed by atoms with E-state index in [1.54, 1.807) is 12.1 Å². The van der Waals surface area contributed by atoms with Gasteiger partial charge in [-0.05, 0) is 29.3 Å². The molecule has 0 aliphatic heterocycles. The van der Waals surface area contributed by atoms with Crippen molar-refractivity contribution >= 4 is 16.9 Å². The first-order chi connectivity index (χ1) is 11.2. The Morgan fingerprint density at radius 3 is 2.42 bits per heavy atom. The molecule has 124 valence electrons. The highest BCUT2D eigenvalue weighted by Gasteiger charge is 2.29. The minimum atomic E-state index is -4.49. The van der Waals surface area contributed by atoms with Crippen LogP contribution in [0, 0.1) is 5.82 Å². The number of aromatic carboxylic acids is 1. The van der Waals surface area contributed by atoms with Crippen LogP contribution in [-0.2, 0) is 6.54 Å². The highest BCUT2D eigenvalue weighted by molar-refractivity contribution is 6.04. The molecule has 0 spiro atoms. The summed E-state index contributed by atoms with van der Waals surface area (Å²) >= 11 is 0. The molecule has 0 saturated carbocycles. The molecule has 1 heterocycles. The molecule has 3 aromatic rings. The highest BCUT2D eigenvalue weighted by atomic mass is 19.4. The molecule has 3 rings (SSSR count). The first-order valence-corrected chi connectivity index (χ1v) is 6.93. The van der Waals surface area contributed by atoms with Crippen LogP contribution in [0.3, 0.4) is 0 Å². The number of aromatic nitrogens is 1. The van der Waals surface area contributed by atoms with Crippen LogP contribution >= 0.6 is 0 Å². The van der Waals surface area contributed by atoms with Crippen LogP contribution in [0.25, 0.3) is 22.0 Å². The van der Waals surface area contributed by atoms with E-state index in [-0.39, 0.29) is 16.5 Å². The SMILES string of the molecule is O=C(O)c1cn(CC(F)(F)F)c2cc(-c3cccc(F)c3)ccc12. The Morgan fingerprint density at radius 1 is 1.08 bits per heavy atom. The zero-order chi connectivity index (χ0) is 17.5. The Balaban J connectivity index is 2.20. The highest BCUT2D eigenvalue weighted by Crippen LogP contribution is 2.30. The van der Waals surface area contributed by atoms with Gasteiger partial charge in [0.2, 0.25) is 0 Å². The van der Waals surface area contributed by atoms with E-state index in [2.05, 4.69) is 0 Å². The van der Waals surface area contributed by atoms with Gasteiger partial charge in [-0.1, -0.05) is 24.3 Å². The summed E-state index contributed by atoms with van der Waals surface area (Å²) in [6.07, 6.45) is -3.52. The van der Waals surface area contributed by atoms with Crippen LogP contribution in [0.15, 0.2) is 48.7 Å². The first-order valence-electron chi connectivity index (χ1n) is 6.93. The second-order valence-electron chi connectivity index (χ2n) is 5.33. The van der Waals surface area contributed by atoms with Crippen LogP contribution in [0.4, 0.5) is 17.6 Å². The number of rotatable bonds is 3. The molecule has 2 aromatic carbocycles. The number of carboxylic acid groups (broad SMARTS) is 1. The first kappa shape index (κ1) is 16.0. The fourth-order valence-corrected chi connectivity index (χ4v) is 2.63. The average Bonchev–Trinajstić information content (AvgIpc) is 2.84. The van der Waals surface area contributed by atoms with Gasteiger partial charge >= 0.3 is 12.1 Å². The molecule has 0 unspecified atom stereocenters. The van der Waals surface area contributed by atoms with E-state index < -0.39 is 24.5 Å². The summed E-state index contributed by atoms with van der Waals surface area (Å²) in [6.45, 7) is -1.30. The minimum Gasteiger partial charge on any atom is -0.478 e. The molecule has 0 amide bonds. The molecule has 3 nitrogen and oxygen atoms in total. The Hall–Kier alpha value is -2.83. The van der Waals surface area contributed by atoms with Gasteiger partial charge in [0.25, 0.3) is 0 Å². The minimum absolute atomic E-state index is 0.131. The maximum atomic E-state index is 13.3. The standard InChI is InChI=1S/C17H11F4NO2/c18-12-3-1-2-10(6-12)11-4-5-13-14(16(23)24)8-22(15(13)7-11)9-17(19,20)21/h1-8H,9H2,(H,23,24). The number of hydrogen-bond donors (Lipinski definition) is 1. The molecule has 0 atom stereocenters. The number of carbonyl (C=O) groups is 1. The van der Waals surface area contributed by atoms with Crippen LogP contribution in [0.5, 0.6) is 0 Å². The summed E-state index contributed by atoms with van der Waals surface area (Å²) in [7, 11) is 0. The van der Waals surface area contributed by atoms with E-state index in [9.17, 15) is 27.5 Å². The van der Waals surface area contributed by atoms with Gasteiger partial charge < -0.3 is 9.67 Å². The zero-order valence-electron chi connectivity index (χ0n) is 12.1. The van der Waals surface area contributed by atoms with Crippen molar-refractivity contribution in [1.82, 2.24) is 4.57 Å². The van der Waals surface area contributed by atoms with Gasteiger partial charge in [0, 0.05) is 17.1 Å². The predicted octanol–water partition coefficient (Wildman–Crippen LogP) is 4.71. The Morgan fingerprint density at radius 2 is 1.79 bits per heavy atom. The summed E-state index contributed by atoms with van der Waals surface area (Å²) in [6, 6.07) is 10.1. The van der Waals surface area contributed by atoms with Crippen molar-refractivity contribution in [2.75, 3.05) is 0 Å². The quantitative estimate of drug-likeness (QED) is 0.704. The molecule has 0 aliphatic carbocycles. The van der Waals surface area contributed by atoms with Gasteiger partial charge in [-0.15, -0.1) is 0 Å². The maximum Gasteiger partial charge on any atom is 0.406 e. The van der Waals surface area contributed by atoms with Crippen molar-refractivity contribution in [1.29, 1.82) is 0 Å². The number of alkyl halides is 3. The predicted molar refractivity (Wildman–Crippen MR) is 80.3 cm³/mol. The average molecular weight is 337 g/mol. The van der Waals surface area contributed by atoms with Crippen LogP contribution in [0.2, 0.25) is 0 Å². The number of fused-ring (bicyclic) bond motifs is 1. The third-order valence-electron chi connectivity index (χ3n) is 3.62. The molecule has 0 aliphatic rings. The van der Waals surface area contributed by atoms with Gasteiger partial charge in [-0.2, -0.15) is 13.2 Å². The molecule has 1 aromatic heterocycles. The van der Waals surface area contributed by atoms with Crippen molar-refractivity contribution < 1.29 is 27.5 Å². The second-order valence-corrected chi connectivity index (χ2v) is 5.33. The number of hydrogen-bond acceptors (Lipinski definition) is 1. The lowest BCUT2D eigenvalue weighted by molar-refractivity contribution is -0.139. The van der Waals surface area contributed by atoms with E-state index in [0.29, 0.717) is 11.1 Å². The van der Waals surface area contributed by atoms with Crippen molar-refractivity contribution in [2.45, 2.75) is 12.7 Å². The second kappa shape index (κ2) is 5.67. The summed E-state index contributed by atoms with van der Waals surface area (Å²) < 4.78 is 52.4. The van der Waals surface area contributed by atoms with E-state index in [1.165, 1.54) is 30.3 Å². The van der Waals surface area contributed by atoms with Crippen molar-refractivity contribution in [3.05, 3.63) is 60.0 Å². The number of benzene rings is 2. The van der Waals surface area contributed by atoms with Crippen molar-refractivity contribution in [2.24, 2.45) is 0 Å². The number of carboxylic acids is 1. The summed E-state index contributed by atoms with van der Waals surface area (Å²) in [5.74, 6) is -1.77. The third-order valence-corrected chi connectivity index (χ3v) is 3.62. The van der Waals surface area contributed by atoms with E-state index in [4.69, 9.17) is 0 Å². The fourth-order valence-electron chi connectivity index (χ4n) is 2.63. The molecule has 7 heteroatoms. The van der Waals surface area contributed by atoms with E-state index >= 15 is 0 Å². The third kappa shape index (κ3) is 3.10. The van der Waals surface area contributed by atoms with Crippen LogP contribution < -0.4 is 0 Å². The van der Waals surface area contributed by atoms with Gasteiger partial charge in [0.05, 0.1) is 5.56 Å². The molecule has 0 saturated heterocycles. The molecule has 0 radical (unpaired) electrons. The Labute approximate surface area is 133 Å². The largest absolute Gasteiger partial charge is 0.478 e. The van der Waals surface area contributed by atoms with E-state index in [0.717, 1.165) is 10.8 Å². The lowest BCUT2D eigenvalue weighted by Gasteiger charge is -2.10. The van der Waals surface area contributed by atoms with E-state index in [1.807, 2.05) is 0 Å². The Bertz CT molecular complexity index is 928. The summed E-state index contributed by atoms with van der Waals surface area (Å²) in [4.78, 5) is 11.2. The van der Waals surface area contributed by atoms with Gasteiger partial charge in [0.15, 0.2) is 0 Å². The summed E-state index contributed by atoms with van der Waals surface area (Å²) in [5, 5.41) is 9.37. The van der Waals surface area contributed by atoms with Gasteiger partial charge in [-0.25, -0.2) is 9.18 Å². The number of halogens is 4. The molecular formula is C17H11F4NO2. The van der Waals surface area contributed by atoms with Crippen LogP contribution in [-0.4, -0.2) is 21.8 Å². The molecular weight excluding hydrogens is 326 g/mol. The normalized spacial score (nSPS) is 11.8. The summed E-state index contributed by atoms with van der Waals surface area (Å²) in [5.41, 5.74) is 0.917. The monoisotopic (exact) mass is 337 g/mol. The Kier molecular flexibility index (Phi) is 3.79. The molecule has 0 fully saturated rings. The molecule has 24 heavy (non-hydrogen) atoms.